The number of nitrogens with one attached hydrogen (secondary N) is 1. The molecule has 2 fully saturated rings. The Morgan fingerprint density at radius 3 is 3.00 bits per heavy atom. The van der Waals surface area contributed by atoms with E-state index in [1.807, 2.05) is 42.3 Å². The topological polar surface area (TPSA) is 79.3 Å². The van der Waals surface area contributed by atoms with Crippen molar-refractivity contribution in [2.45, 2.75) is 19.4 Å². The molecule has 4 heterocycles. The fourth-order valence-electron chi connectivity index (χ4n) is 4.98. The van der Waals surface area contributed by atoms with E-state index in [1.54, 1.807) is 10.9 Å². The number of aromatic nitrogens is 4. The third-order valence-electron chi connectivity index (χ3n) is 6.38. The van der Waals surface area contributed by atoms with Gasteiger partial charge in [0.05, 0.1) is 18.7 Å². The van der Waals surface area contributed by atoms with Crippen molar-refractivity contribution >= 4 is 16.8 Å². The van der Waals surface area contributed by atoms with Crippen molar-refractivity contribution in [3.63, 3.8) is 0 Å². The number of aromatic amines is 1. The SMILES string of the molecule is Cn1nc(C(=O)N2CCCC3(COCCN(Cc4ccn[nH]4)C3)C2)c2ccccc21. The Bertz CT molecular complexity index is 1030. The summed E-state index contributed by atoms with van der Waals surface area (Å²) in [6.45, 7) is 5.51. The van der Waals surface area contributed by atoms with E-state index in [0.29, 0.717) is 25.5 Å². The number of carbonyl (C=O) groups excluding carboxylic acids is 1. The van der Waals surface area contributed by atoms with Crippen LogP contribution in [0.5, 0.6) is 0 Å². The van der Waals surface area contributed by atoms with Gasteiger partial charge in [-0.05, 0) is 25.0 Å². The van der Waals surface area contributed by atoms with E-state index in [9.17, 15) is 4.79 Å². The van der Waals surface area contributed by atoms with Gasteiger partial charge in [-0.15, -0.1) is 0 Å². The van der Waals surface area contributed by atoms with Crippen molar-refractivity contribution in [1.29, 1.82) is 0 Å². The van der Waals surface area contributed by atoms with E-state index >= 15 is 0 Å². The zero-order valence-corrected chi connectivity index (χ0v) is 17.4. The van der Waals surface area contributed by atoms with Crippen molar-refractivity contribution in [3.05, 3.63) is 47.9 Å². The molecule has 1 spiro atoms. The summed E-state index contributed by atoms with van der Waals surface area (Å²) in [5, 5.41) is 12.6. The predicted octanol–water partition coefficient (Wildman–Crippen LogP) is 2.05. The van der Waals surface area contributed by atoms with Gasteiger partial charge in [0, 0.05) is 62.5 Å². The molecule has 2 saturated heterocycles. The average molecular weight is 409 g/mol. The number of carbonyl (C=O) groups is 1. The lowest BCUT2D eigenvalue weighted by atomic mass is 9.80. The summed E-state index contributed by atoms with van der Waals surface area (Å²) < 4.78 is 7.81. The van der Waals surface area contributed by atoms with Gasteiger partial charge in [-0.2, -0.15) is 10.2 Å². The van der Waals surface area contributed by atoms with Crippen LogP contribution in [0.1, 0.15) is 29.0 Å². The lowest BCUT2D eigenvalue weighted by Gasteiger charge is -2.43. The number of ether oxygens (including phenoxy) is 1. The van der Waals surface area contributed by atoms with Gasteiger partial charge in [0.1, 0.15) is 0 Å². The van der Waals surface area contributed by atoms with Gasteiger partial charge in [-0.3, -0.25) is 19.5 Å². The highest BCUT2D eigenvalue weighted by molar-refractivity contribution is 6.04. The first-order chi connectivity index (χ1) is 14.6. The normalized spacial score (nSPS) is 23.2. The van der Waals surface area contributed by atoms with Crippen LogP contribution >= 0.6 is 0 Å². The molecule has 0 radical (unpaired) electrons. The Hall–Kier alpha value is -2.71. The summed E-state index contributed by atoms with van der Waals surface area (Å²) in [6.07, 6.45) is 3.84. The fourth-order valence-corrected chi connectivity index (χ4v) is 4.98. The number of nitrogens with zero attached hydrogens (tertiary/aromatic N) is 5. The van der Waals surface area contributed by atoms with Gasteiger partial charge >= 0.3 is 0 Å². The van der Waals surface area contributed by atoms with Crippen molar-refractivity contribution in [1.82, 2.24) is 29.8 Å². The summed E-state index contributed by atoms with van der Waals surface area (Å²) in [4.78, 5) is 17.9. The molecule has 1 aromatic carbocycles. The van der Waals surface area contributed by atoms with Crippen LogP contribution in [0.15, 0.2) is 36.5 Å². The molecule has 2 aromatic heterocycles. The molecule has 30 heavy (non-hydrogen) atoms. The van der Waals surface area contributed by atoms with E-state index in [2.05, 4.69) is 20.2 Å². The number of amides is 1. The highest BCUT2D eigenvalue weighted by atomic mass is 16.5. The summed E-state index contributed by atoms with van der Waals surface area (Å²) in [5.74, 6) is 0.0234. The Kier molecular flexibility index (Phi) is 5.04. The van der Waals surface area contributed by atoms with Crippen molar-refractivity contribution in [2.24, 2.45) is 12.5 Å². The molecule has 8 nitrogen and oxygen atoms in total. The van der Waals surface area contributed by atoms with E-state index in [-0.39, 0.29) is 11.3 Å². The second kappa shape index (κ2) is 7.85. The first kappa shape index (κ1) is 19.3. The molecule has 5 rings (SSSR count). The maximum Gasteiger partial charge on any atom is 0.275 e. The van der Waals surface area contributed by atoms with Gasteiger partial charge in [-0.1, -0.05) is 18.2 Å². The maximum absolute atomic E-state index is 13.5. The number of H-pyrrole nitrogens is 1. The molecule has 3 aromatic rings. The first-order valence-electron chi connectivity index (χ1n) is 10.6. The van der Waals surface area contributed by atoms with E-state index in [0.717, 1.165) is 55.6 Å². The van der Waals surface area contributed by atoms with Gasteiger partial charge in [-0.25, -0.2) is 0 Å². The average Bonchev–Trinajstić information content (AvgIpc) is 3.34. The first-order valence-corrected chi connectivity index (χ1v) is 10.6. The van der Waals surface area contributed by atoms with Gasteiger partial charge < -0.3 is 9.64 Å². The smallest absolute Gasteiger partial charge is 0.275 e. The number of rotatable bonds is 3. The van der Waals surface area contributed by atoms with Crippen LogP contribution in [-0.4, -0.2) is 75.1 Å². The lowest BCUT2D eigenvalue weighted by molar-refractivity contribution is 0.00671. The van der Waals surface area contributed by atoms with Crippen LogP contribution in [0.25, 0.3) is 10.9 Å². The number of benzene rings is 1. The quantitative estimate of drug-likeness (QED) is 0.718. The summed E-state index contributed by atoms with van der Waals surface area (Å²) in [6, 6.07) is 9.94. The molecule has 0 bridgehead atoms. The Labute approximate surface area is 175 Å². The standard InChI is InChI=1S/C22H28N6O2/c1-26-19-6-3-2-5-18(19)20(25-26)21(29)28-10-4-8-22(15-28)14-27(11-12-30-16-22)13-17-7-9-23-24-17/h2-3,5-7,9H,4,8,10-16H2,1H3,(H,23,24). The van der Waals surface area contributed by atoms with Crippen LogP contribution in [0.3, 0.4) is 0 Å². The number of piperidine rings is 1. The number of likely N-dealkylation sites (tertiary alicyclic amines) is 1. The molecule has 158 valence electrons. The highest BCUT2D eigenvalue weighted by Crippen LogP contribution is 2.34. The van der Waals surface area contributed by atoms with Gasteiger partial charge in [0.15, 0.2) is 5.69 Å². The van der Waals surface area contributed by atoms with Crippen molar-refractivity contribution in [2.75, 3.05) is 39.4 Å². The van der Waals surface area contributed by atoms with Gasteiger partial charge in [0.25, 0.3) is 5.91 Å². The fraction of sp³-hybridized carbons (Fsp3) is 0.500. The second-order valence-corrected chi connectivity index (χ2v) is 8.66. The molecule has 1 atom stereocenters. The van der Waals surface area contributed by atoms with Crippen LogP contribution in [0, 0.1) is 5.41 Å². The Morgan fingerprint density at radius 1 is 1.23 bits per heavy atom. The molecular formula is C22H28N6O2. The molecule has 2 aliphatic heterocycles. The van der Waals surface area contributed by atoms with Crippen LogP contribution in [0.4, 0.5) is 0 Å². The van der Waals surface area contributed by atoms with Crippen molar-refractivity contribution < 1.29 is 9.53 Å². The minimum absolute atomic E-state index is 0.0234. The molecule has 1 N–H and O–H groups in total. The predicted molar refractivity (Wildman–Crippen MR) is 113 cm³/mol. The zero-order valence-electron chi connectivity index (χ0n) is 17.4. The molecule has 2 aliphatic rings. The molecular weight excluding hydrogens is 380 g/mol. The summed E-state index contributed by atoms with van der Waals surface area (Å²) in [7, 11) is 1.89. The van der Waals surface area contributed by atoms with Crippen LogP contribution in [-0.2, 0) is 18.3 Å². The second-order valence-electron chi connectivity index (χ2n) is 8.66. The minimum atomic E-state index is -0.0466. The maximum atomic E-state index is 13.5. The Morgan fingerprint density at radius 2 is 2.13 bits per heavy atom. The lowest BCUT2D eigenvalue weighted by Crippen LogP contribution is -2.52. The third-order valence-corrected chi connectivity index (χ3v) is 6.38. The number of para-hydroxylation sites is 1. The van der Waals surface area contributed by atoms with E-state index in [4.69, 9.17) is 4.74 Å². The molecule has 0 saturated carbocycles. The number of hydrogen-bond acceptors (Lipinski definition) is 5. The van der Waals surface area contributed by atoms with Gasteiger partial charge in [0.2, 0.25) is 0 Å². The monoisotopic (exact) mass is 408 g/mol. The summed E-state index contributed by atoms with van der Waals surface area (Å²) >= 11 is 0. The van der Waals surface area contributed by atoms with Crippen LogP contribution in [0.2, 0.25) is 0 Å². The Balaban J connectivity index is 1.37. The minimum Gasteiger partial charge on any atom is -0.379 e. The molecule has 1 unspecified atom stereocenters. The largest absolute Gasteiger partial charge is 0.379 e. The number of aryl methyl sites for hydroxylation is 1. The van der Waals surface area contributed by atoms with E-state index < -0.39 is 0 Å². The van der Waals surface area contributed by atoms with E-state index in [1.165, 1.54) is 0 Å². The summed E-state index contributed by atoms with van der Waals surface area (Å²) in [5.41, 5.74) is 2.59. The number of hydrogen-bond donors (Lipinski definition) is 1. The molecule has 1 amide bonds. The highest BCUT2D eigenvalue weighted by Gasteiger charge is 2.41. The van der Waals surface area contributed by atoms with Crippen molar-refractivity contribution in [3.8, 4) is 0 Å². The van der Waals surface area contributed by atoms with Crippen LogP contribution < -0.4 is 0 Å². The third kappa shape index (κ3) is 3.61. The zero-order chi connectivity index (χ0) is 20.6. The molecule has 8 heteroatoms. The molecule has 0 aliphatic carbocycles. The number of fused-ring (bicyclic) bond motifs is 1.